The summed E-state index contributed by atoms with van der Waals surface area (Å²) < 4.78 is 28.3. The maximum absolute atomic E-state index is 12.9. The number of amides is 3. The highest BCUT2D eigenvalue weighted by atomic mass is 35.5. The van der Waals surface area contributed by atoms with Crippen molar-refractivity contribution in [2.75, 3.05) is 27.2 Å². The third-order valence-electron chi connectivity index (χ3n) is 5.57. The quantitative estimate of drug-likeness (QED) is 0.574. The molecule has 0 bridgehead atoms. The monoisotopic (exact) mass is 494 g/mol. The Morgan fingerprint density at radius 1 is 1.18 bits per heavy atom. The molecule has 11 heteroatoms. The SMILES string of the molecule is CC(CC(=O)NCC(=O)N(C)C)N1CCC(NS(=O)(=O)c2ccc3cc(Cl)ccc3c2)C1=O. The van der Waals surface area contributed by atoms with Crippen LogP contribution in [0.15, 0.2) is 41.3 Å². The second-order valence-corrected chi connectivity index (χ2v) is 10.4. The molecule has 1 saturated heterocycles. The van der Waals surface area contributed by atoms with E-state index in [0.29, 0.717) is 23.4 Å². The topological polar surface area (TPSA) is 116 Å². The Morgan fingerprint density at radius 3 is 2.55 bits per heavy atom. The van der Waals surface area contributed by atoms with Gasteiger partial charge in [0, 0.05) is 38.1 Å². The van der Waals surface area contributed by atoms with Gasteiger partial charge in [-0.15, -0.1) is 0 Å². The van der Waals surface area contributed by atoms with Gasteiger partial charge in [-0.3, -0.25) is 14.4 Å². The molecule has 1 aliphatic rings. The first-order valence-corrected chi connectivity index (χ1v) is 12.3. The Morgan fingerprint density at radius 2 is 1.85 bits per heavy atom. The maximum Gasteiger partial charge on any atom is 0.241 e. The van der Waals surface area contributed by atoms with E-state index >= 15 is 0 Å². The number of likely N-dealkylation sites (N-methyl/N-ethyl adjacent to an activating group) is 1. The van der Waals surface area contributed by atoms with Crippen LogP contribution in [0.3, 0.4) is 0 Å². The van der Waals surface area contributed by atoms with Gasteiger partial charge in [0.25, 0.3) is 0 Å². The number of carbonyl (C=O) groups excluding carboxylic acids is 3. The lowest BCUT2D eigenvalue weighted by atomic mass is 10.1. The summed E-state index contributed by atoms with van der Waals surface area (Å²) in [5.41, 5.74) is 0. The molecule has 2 atom stereocenters. The molecule has 0 saturated carbocycles. The summed E-state index contributed by atoms with van der Waals surface area (Å²) in [4.78, 5) is 39.5. The summed E-state index contributed by atoms with van der Waals surface area (Å²) >= 11 is 5.98. The number of nitrogens with one attached hydrogen (secondary N) is 2. The van der Waals surface area contributed by atoms with Crippen LogP contribution < -0.4 is 10.0 Å². The average Bonchev–Trinajstić information content (AvgIpc) is 3.10. The summed E-state index contributed by atoms with van der Waals surface area (Å²) in [7, 11) is -0.745. The third-order valence-corrected chi connectivity index (χ3v) is 7.27. The molecule has 2 unspecified atom stereocenters. The normalized spacial score (nSPS) is 17.3. The van der Waals surface area contributed by atoms with Crippen LogP contribution in [0.2, 0.25) is 5.02 Å². The Kier molecular flexibility index (Phi) is 7.61. The minimum absolute atomic E-state index is 0.0130. The van der Waals surface area contributed by atoms with Crippen molar-refractivity contribution in [3.8, 4) is 0 Å². The van der Waals surface area contributed by atoms with E-state index in [4.69, 9.17) is 11.6 Å². The molecule has 2 aromatic carbocycles. The summed E-state index contributed by atoms with van der Waals surface area (Å²) in [6.45, 7) is 1.93. The van der Waals surface area contributed by atoms with Crippen LogP contribution in [0.4, 0.5) is 0 Å². The minimum atomic E-state index is -3.93. The van der Waals surface area contributed by atoms with Gasteiger partial charge in [0.1, 0.15) is 6.04 Å². The molecule has 3 amide bonds. The number of halogens is 1. The predicted octanol–water partition coefficient (Wildman–Crippen LogP) is 1.36. The van der Waals surface area contributed by atoms with Gasteiger partial charge in [-0.2, -0.15) is 4.72 Å². The summed E-state index contributed by atoms with van der Waals surface area (Å²) in [6.07, 6.45) is 0.311. The van der Waals surface area contributed by atoms with Crippen LogP contribution in [0.1, 0.15) is 19.8 Å². The van der Waals surface area contributed by atoms with Crippen molar-refractivity contribution in [1.82, 2.24) is 19.8 Å². The zero-order chi connectivity index (χ0) is 24.3. The van der Waals surface area contributed by atoms with E-state index in [1.807, 2.05) is 0 Å². The lowest BCUT2D eigenvalue weighted by Crippen LogP contribution is -2.45. The molecule has 2 N–H and O–H groups in total. The summed E-state index contributed by atoms with van der Waals surface area (Å²) in [5.74, 6) is -0.971. The second-order valence-electron chi connectivity index (χ2n) is 8.27. The fraction of sp³-hybridized carbons (Fsp3) is 0.409. The standard InChI is InChI=1S/C22H27ClN4O5S/c1-14(10-20(28)24-13-21(29)26(2)3)27-9-8-19(22(27)30)25-33(31,32)18-7-5-15-11-17(23)6-4-16(15)12-18/h4-7,11-12,14,19,25H,8-10,13H2,1-3H3,(H,24,28). The first kappa shape index (κ1) is 24.9. The lowest BCUT2D eigenvalue weighted by Gasteiger charge is -2.24. The minimum Gasteiger partial charge on any atom is -0.347 e. The number of hydrogen-bond donors (Lipinski definition) is 2. The highest BCUT2D eigenvalue weighted by Gasteiger charge is 2.37. The van der Waals surface area contributed by atoms with Crippen LogP contribution in [-0.4, -0.2) is 75.2 Å². The van der Waals surface area contributed by atoms with Gasteiger partial charge in [-0.1, -0.05) is 23.7 Å². The molecule has 33 heavy (non-hydrogen) atoms. The van der Waals surface area contributed by atoms with Gasteiger partial charge in [-0.25, -0.2) is 8.42 Å². The number of fused-ring (bicyclic) bond motifs is 1. The molecule has 1 fully saturated rings. The highest BCUT2D eigenvalue weighted by molar-refractivity contribution is 7.89. The number of sulfonamides is 1. The van der Waals surface area contributed by atoms with Gasteiger partial charge in [0.15, 0.2) is 0 Å². The molecule has 0 aromatic heterocycles. The van der Waals surface area contributed by atoms with Crippen molar-refractivity contribution in [3.63, 3.8) is 0 Å². The summed E-state index contributed by atoms with van der Waals surface area (Å²) in [6, 6.07) is 8.49. The maximum atomic E-state index is 12.9. The van der Waals surface area contributed by atoms with Crippen molar-refractivity contribution in [2.24, 2.45) is 0 Å². The zero-order valence-electron chi connectivity index (χ0n) is 18.7. The first-order valence-electron chi connectivity index (χ1n) is 10.5. The molecule has 0 spiro atoms. The molecule has 2 aromatic rings. The first-order chi connectivity index (χ1) is 15.5. The Hall–Kier alpha value is -2.69. The molecule has 0 radical (unpaired) electrons. The van der Waals surface area contributed by atoms with E-state index in [9.17, 15) is 22.8 Å². The Labute approximate surface area is 198 Å². The van der Waals surface area contributed by atoms with Gasteiger partial charge in [0.05, 0.1) is 11.4 Å². The van der Waals surface area contributed by atoms with Gasteiger partial charge >= 0.3 is 0 Å². The average molecular weight is 495 g/mol. The van der Waals surface area contributed by atoms with Gasteiger partial charge < -0.3 is 15.1 Å². The number of rotatable bonds is 8. The van der Waals surface area contributed by atoms with Crippen LogP contribution >= 0.6 is 11.6 Å². The fourth-order valence-electron chi connectivity index (χ4n) is 3.65. The van der Waals surface area contributed by atoms with E-state index in [1.54, 1.807) is 45.3 Å². The molecular weight excluding hydrogens is 468 g/mol. The predicted molar refractivity (Wildman–Crippen MR) is 125 cm³/mol. The van der Waals surface area contributed by atoms with Crippen molar-refractivity contribution in [3.05, 3.63) is 41.4 Å². The number of likely N-dealkylation sites (tertiary alicyclic amines) is 1. The molecule has 9 nitrogen and oxygen atoms in total. The molecule has 1 aliphatic heterocycles. The smallest absolute Gasteiger partial charge is 0.241 e. The van der Waals surface area contributed by atoms with E-state index < -0.39 is 22.1 Å². The lowest BCUT2D eigenvalue weighted by molar-refractivity contribution is -0.133. The van der Waals surface area contributed by atoms with Crippen LogP contribution in [0.25, 0.3) is 10.8 Å². The Bertz CT molecular complexity index is 1180. The van der Waals surface area contributed by atoms with Crippen LogP contribution in [0, 0.1) is 0 Å². The second kappa shape index (κ2) is 10.1. The van der Waals surface area contributed by atoms with Crippen molar-refractivity contribution < 1.29 is 22.8 Å². The van der Waals surface area contributed by atoms with Crippen molar-refractivity contribution in [2.45, 2.75) is 36.7 Å². The van der Waals surface area contributed by atoms with E-state index in [1.165, 1.54) is 21.9 Å². The molecule has 0 aliphatic carbocycles. The number of nitrogens with zero attached hydrogens (tertiary/aromatic N) is 2. The van der Waals surface area contributed by atoms with Crippen LogP contribution in [-0.2, 0) is 24.4 Å². The van der Waals surface area contributed by atoms with E-state index in [2.05, 4.69) is 10.0 Å². The van der Waals surface area contributed by atoms with Gasteiger partial charge in [-0.05, 0) is 48.4 Å². The third kappa shape index (κ3) is 6.01. The Balaban J connectivity index is 1.61. The molecule has 1 heterocycles. The fourth-order valence-corrected chi connectivity index (χ4v) is 5.09. The summed E-state index contributed by atoms with van der Waals surface area (Å²) in [5, 5.41) is 4.62. The van der Waals surface area contributed by atoms with Crippen molar-refractivity contribution >= 4 is 50.1 Å². The van der Waals surface area contributed by atoms with Crippen molar-refractivity contribution in [1.29, 1.82) is 0 Å². The largest absolute Gasteiger partial charge is 0.347 e. The number of carbonyl (C=O) groups is 3. The molecular formula is C22H27ClN4O5S. The number of benzene rings is 2. The van der Waals surface area contributed by atoms with E-state index in [0.717, 1.165) is 5.39 Å². The van der Waals surface area contributed by atoms with Crippen LogP contribution in [0.5, 0.6) is 0 Å². The molecule has 3 rings (SSSR count). The number of hydrogen-bond acceptors (Lipinski definition) is 5. The molecule has 178 valence electrons. The van der Waals surface area contributed by atoms with Gasteiger partial charge in [0.2, 0.25) is 27.7 Å². The highest BCUT2D eigenvalue weighted by Crippen LogP contribution is 2.24. The van der Waals surface area contributed by atoms with E-state index in [-0.39, 0.29) is 35.6 Å². The zero-order valence-corrected chi connectivity index (χ0v) is 20.2.